The molecule has 5 atom stereocenters. The van der Waals surface area contributed by atoms with E-state index in [0.29, 0.717) is 31.4 Å². The molecule has 1 rings (SSSR count). The lowest BCUT2D eigenvalue weighted by Crippen LogP contribution is -2.58. The highest BCUT2D eigenvalue weighted by atomic mass is 16.4. The minimum Gasteiger partial charge on any atom is -0.508 e. The number of carboxylic acid groups (broad SMARTS) is 1. The molecule has 11 nitrogen and oxygen atoms in total. The van der Waals surface area contributed by atoms with Crippen molar-refractivity contribution in [2.45, 2.75) is 77.0 Å². The molecular weight excluding hydrogens is 454 g/mol. The Hall–Kier alpha value is -3.18. The summed E-state index contributed by atoms with van der Waals surface area (Å²) in [6.07, 6.45) is 2.02. The summed E-state index contributed by atoms with van der Waals surface area (Å²) < 4.78 is 0. The van der Waals surface area contributed by atoms with E-state index in [1.807, 2.05) is 6.92 Å². The number of aromatic hydroxyl groups is 1. The molecule has 0 saturated heterocycles. The van der Waals surface area contributed by atoms with E-state index >= 15 is 0 Å². The topological polar surface area (TPSA) is 197 Å². The van der Waals surface area contributed by atoms with Gasteiger partial charge in [0.15, 0.2) is 0 Å². The highest BCUT2D eigenvalue weighted by Gasteiger charge is 2.31. The number of hydrogen-bond donors (Lipinski definition) is 7. The van der Waals surface area contributed by atoms with Gasteiger partial charge in [-0.05, 0) is 56.3 Å². The third kappa shape index (κ3) is 10.3. The van der Waals surface area contributed by atoms with Crippen molar-refractivity contribution in [2.75, 3.05) is 6.54 Å². The van der Waals surface area contributed by atoms with Crippen LogP contribution in [0.3, 0.4) is 0 Å². The van der Waals surface area contributed by atoms with E-state index in [4.69, 9.17) is 11.5 Å². The van der Waals surface area contributed by atoms with Crippen molar-refractivity contribution in [1.29, 1.82) is 0 Å². The predicted molar refractivity (Wildman–Crippen MR) is 131 cm³/mol. The number of rotatable bonds is 15. The number of hydrogen-bond acceptors (Lipinski definition) is 7. The molecule has 0 bridgehead atoms. The third-order valence-corrected chi connectivity index (χ3v) is 5.78. The van der Waals surface area contributed by atoms with Crippen LogP contribution >= 0.6 is 0 Å². The maximum Gasteiger partial charge on any atom is 0.326 e. The Morgan fingerprint density at radius 1 is 0.914 bits per heavy atom. The molecule has 196 valence electrons. The Bertz CT molecular complexity index is 845. The molecule has 11 heteroatoms. The van der Waals surface area contributed by atoms with Crippen LogP contribution in [-0.2, 0) is 25.6 Å². The number of benzene rings is 1. The van der Waals surface area contributed by atoms with E-state index < -0.39 is 47.9 Å². The maximum absolute atomic E-state index is 13.2. The molecule has 0 aliphatic rings. The third-order valence-electron chi connectivity index (χ3n) is 5.78. The summed E-state index contributed by atoms with van der Waals surface area (Å²) in [5, 5.41) is 26.8. The molecule has 0 heterocycles. The fourth-order valence-electron chi connectivity index (χ4n) is 3.35. The second kappa shape index (κ2) is 14.9. The summed E-state index contributed by atoms with van der Waals surface area (Å²) in [5.74, 6) is -3.20. The van der Waals surface area contributed by atoms with Gasteiger partial charge < -0.3 is 37.6 Å². The van der Waals surface area contributed by atoms with Gasteiger partial charge >= 0.3 is 5.97 Å². The molecule has 3 amide bonds. The van der Waals surface area contributed by atoms with E-state index in [9.17, 15) is 29.4 Å². The zero-order chi connectivity index (χ0) is 26.5. The Morgan fingerprint density at radius 3 is 2.00 bits per heavy atom. The summed E-state index contributed by atoms with van der Waals surface area (Å²) >= 11 is 0. The summed E-state index contributed by atoms with van der Waals surface area (Å²) in [4.78, 5) is 50.1. The largest absolute Gasteiger partial charge is 0.508 e. The average molecular weight is 494 g/mol. The molecular formula is C24H39N5O6. The highest BCUT2D eigenvalue weighted by molar-refractivity contribution is 5.94. The molecule has 35 heavy (non-hydrogen) atoms. The molecule has 1 aromatic rings. The number of unbranched alkanes of at least 4 members (excludes halogenated alkanes) is 1. The number of phenolic OH excluding ortho intramolecular Hbond substituents is 1. The molecule has 0 spiro atoms. The summed E-state index contributed by atoms with van der Waals surface area (Å²) in [6.45, 7) is 5.43. The second-order valence-electron chi connectivity index (χ2n) is 8.78. The van der Waals surface area contributed by atoms with Gasteiger partial charge in [-0.1, -0.05) is 32.4 Å². The van der Waals surface area contributed by atoms with E-state index in [2.05, 4.69) is 16.0 Å². The first-order valence-corrected chi connectivity index (χ1v) is 11.9. The predicted octanol–water partition coefficient (Wildman–Crippen LogP) is -0.00400. The summed E-state index contributed by atoms with van der Waals surface area (Å²) in [6, 6.07) is 2.11. The Kier molecular flexibility index (Phi) is 12.7. The number of nitrogens with one attached hydrogen (secondary N) is 3. The van der Waals surface area contributed by atoms with Crippen molar-refractivity contribution in [2.24, 2.45) is 17.4 Å². The normalized spacial score (nSPS) is 15.2. The van der Waals surface area contributed by atoms with Gasteiger partial charge in [0.2, 0.25) is 17.7 Å². The monoisotopic (exact) mass is 493 g/mol. The zero-order valence-corrected chi connectivity index (χ0v) is 20.6. The van der Waals surface area contributed by atoms with E-state index in [1.165, 1.54) is 19.1 Å². The molecule has 5 unspecified atom stereocenters. The van der Waals surface area contributed by atoms with Crippen LogP contribution in [0.4, 0.5) is 0 Å². The van der Waals surface area contributed by atoms with E-state index in [-0.39, 0.29) is 24.5 Å². The van der Waals surface area contributed by atoms with Crippen LogP contribution in [0.1, 0.15) is 52.0 Å². The smallest absolute Gasteiger partial charge is 0.326 e. The fourth-order valence-corrected chi connectivity index (χ4v) is 3.35. The number of amides is 3. The Labute approximate surface area is 206 Å². The molecule has 0 aromatic heterocycles. The van der Waals surface area contributed by atoms with Crippen molar-refractivity contribution < 1.29 is 29.4 Å². The van der Waals surface area contributed by atoms with Gasteiger partial charge in [-0.3, -0.25) is 14.4 Å². The first-order chi connectivity index (χ1) is 16.5. The number of aliphatic carboxylic acids is 1. The van der Waals surface area contributed by atoms with Gasteiger partial charge in [0.25, 0.3) is 0 Å². The van der Waals surface area contributed by atoms with Gasteiger partial charge in [0.05, 0.1) is 6.04 Å². The van der Waals surface area contributed by atoms with Gasteiger partial charge in [0.1, 0.15) is 23.9 Å². The van der Waals surface area contributed by atoms with Crippen molar-refractivity contribution in [3.8, 4) is 5.75 Å². The molecule has 0 aliphatic carbocycles. The van der Waals surface area contributed by atoms with Gasteiger partial charge in [-0.15, -0.1) is 0 Å². The minimum atomic E-state index is -1.16. The summed E-state index contributed by atoms with van der Waals surface area (Å²) in [5.41, 5.74) is 11.9. The first-order valence-electron chi connectivity index (χ1n) is 11.9. The first kappa shape index (κ1) is 29.9. The standard InChI is InChI=1S/C24H39N5O6/c1-4-14(2)20(24(34)35)29-22(32)18(7-5-6-12-25)27-23(33)19(28-21(31)15(3)26)13-16-8-10-17(30)11-9-16/h8-11,14-15,18-20,30H,4-7,12-13,25-26H2,1-3H3,(H,27,33)(H,28,31)(H,29,32)(H,34,35). The molecule has 0 saturated carbocycles. The number of nitrogens with two attached hydrogens (primary N) is 2. The quantitative estimate of drug-likeness (QED) is 0.166. The average Bonchev–Trinajstić information content (AvgIpc) is 2.81. The molecule has 1 aromatic carbocycles. The highest BCUT2D eigenvalue weighted by Crippen LogP contribution is 2.13. The van der Waals surface area contributed by atoms with Crippen LogP contribution in [0.2, 0.25) is 0 Å². The van der Waals surface area contributed by atoms with Crippen LogP contribution in [0.25, 0.3) is 0 Å². The lowest BCUT2D eigenvalue weighted by Gasteiger charge is -2.26. The molecule has 0 fully saturated rings. The van der Waals surface area contributed by atoms with Crippen LogP contribution in [0.5, 0.6) is 5.75 Å². The Balaban J connectivity index is 3.10. The number of carbonyl (C=O) groups excluding carboxylic acids is 3. The number of carbonyl (C=O) groups is 4. The van der Waals surface area contributed by atoms with E-state index in [1.54, 1.807) is 19.1 Å². The van der Waals surface area contributed by atoms with Crippen LogP contribution in [0, 0.1) is 5.92 Å². The van der Waals surface area contributed by atoms with Crippen molar-refractivity contribution in [3.05, 3.63) is 29.8 Å². The van der Waals surface area contributed by atoms with Crippen molar-refractivity contribution >= 4 is 23.7 Å². The van der Waals surface area contributed by atoms with Gasteiger partial charge in [-0.25, -0.2) is 4.79 Å². The molecule has 0 aliphatic heterocycles. The van der Waals surface area contributed by atoms with E-state index in [0.717, 1.165) is 0 Å². The Morgan fingerprint density at radius 2 is 1.49 bits per heavy atom. The van der Waals surface area contributed by atoms with Gasteiger partial charge in [0, 0.05) is 6.42 Å². The zero-order valence-electron chi connectivity index (χ0n) is 20.6. The van der Waals surface area contributed by atoms with Crippen LogP contribution in [-0.4, -0.2) is 64.6 Å². The lowest BCUT2D eigenvalue weighted by atomic mass is 9.98. The SMILES string of the molecule is CCC(C)C(NC(=O)C(CCCCN)NC(=O)C(Cc1ccc(O)cc1)NC(=O)C(C)N)C(=O)O. The number of carboxylic acids is 1. The van der Waals surface area contributed by atoms with Gasteiger partial charge in [-0.2, -0.15) is 0 Å². The maximum atomic E-state index is 13.2. The molecule has 9 N–H and O–H groups in total. The molecule has 0 radical (unpaired) electrons. The fraction of sp³-hybridized carbons (Fsp3) is 0.583. The van der Waals surface area contributed by atoms with Crippen molar-refractivity contribution in [1.82, 2.24) is 16.0 Å². The van der Waals surface area contributed by atoms with Crippen LogP contribution in [0.15, 0.2) is 24.3 Å². The number of phenols is 1. The second-order valence-corrected chi connectivity index (χ2v) is 8.78. The summed E-state index contributed by atoms with van der Waals surface area (Å²) in [7, 11) is 0. The minimum absolute atomic E-state index is 0.0558. The lowest BCUT2D eigenvalue weighted by molar-refractivity contribution is -0.144. The van der Waals surface area contributed by atoms with Crippen LogP contribution < -0.4 is 27.4 Å². The van der Waals surface area contributed by atoms with Crippen molar-refractivity contribution in [3.63, 3.8) is 0 Å².